The third-order valence-corrected chi connectivity index (χ3v) is 17.7. The minimum absolute atomic E-state index is 0.0632. The number of benzene rings is 1. The van der Waals surface area contributed by atoms with E-state index in [1.54, 1.807) is 12.1 Å². The third-order valence-electron chi connectivity index (χ3n) is 16.3. The van der Waals surface area contributed by atoms with Gasteiger partial charge < -0.3 is 10.4 Å². The molecule has 4 saturated carbocycles. The highest BCUT2D eigenvalue weighted by Gasteiger charge is 2.68. The molecule has 5 fully saturated rings. The summed E-state index contributed by atoms with van der Waals surface area (Å²) in [6.07, 6.45) is 16.1. The number of hydrogen-bond acceptors (Lipinski definition) is 6. The summed E-state index contributed by atoms with van der Waals surface area (Å²) in [6.45, 7) is 27.0. The monoisotopic (exact) mass is 705 g/mol. The van der Waals surface area contributed by atoms with Crippen LogP contribution in [0, 0.1) is 45.3 Å². The van der Waals surface area contributed by atoms with Crippen LogP contribution >= 0.6 is 12.1 Å². The SMILES string of the molecule is CCN(CC)SN1CCN(CCN[C@]23CCCC2[C@@]2(C)CCC4[C@@](C)(CCC5C(C)(C)C(c6ccc(C(=O)O)cc6)=CC[C@@]54C)C2CC3)CC1. The van der Waals surface area contributed by atoms with E-state index in [2.05, 4.69) is 85.5 Å². The first kappa shape index (κ1) is 37.0. The zero-order valence-electron chi connectivity index (χ0n) is 32.5. The Hall–Kier alpha value is -1.38. The molecule has 1 saturated heterocycles. The molecule has 1 heterocycles. The van der Waals surface area contributed by atoms with Crippen LogP contribution in [0.1, 0.15) is 129 Å². The first-order chi connectivity index (χ1) is 23.8. The summed E-state index contributed by atoms with van der Waals surface area (Å²) in [5.74, 6) is 2.18. The summed E-state index contributed by atoms with van der Waals surface area (Å²) in [5.41, 5.74) is 4.56. The van der Waals surface area contributed by atoms with E-state index in [1.807, 2.05) is 12.1 Å². The summed E-state index contributed by atoms with van der Waals surface area (Å²) in [5, 5.41) is 13.8. The lowest BCUT2D eigenvalue weighted by Gasteiger charge is -2.71. The molecule has 0 spiro atoms. The van der Waals surface area contributed by atoms with Gasteiger partial charge in [-0.3, -0.25) is 4.90 Å². The smallest absolute Gasteiger partial charge is 0.335 e. The molecular weight excluding hydrogens is 637 g/mol. The van der Waals surface area contributed by atoms with Crippen molar-refractivity contribution in [3.05, 3.63) is 41.5 Å². The molecule has 7 heteroatoms. The second kappa shape index (κ2) is 13.8. The Labute approximate surface area is 308 Å². The van der Waals surface area contributed by atoms with E-state index in [0.29, 0.717) is 33.3 Å². The maximum atomic E-state index is 11.5. The molecule has 6 nitrogen and oxygen atoms in total. The average Bonchev–Trinajstić information content (AvgIpc) is 3.53. The van der Waals surface area contributed by atoms with Gasteiger partial charge in [0.1, 0.15) is 0 Å². The van der Waals surface area contributed by atoms with Gasteiger partial charge in [-0.15, -0.1) is 0 Å². The molecule has 1 aromatic rings. The van der Waals surface area contributed by atoms with Crippen LogP contribution < -0.4 is 5.32 Å². The Kier molecular flexibility index (Phi) is 10.2. The maximum Gasteiger partial charge on any atom is 0.335 e. The van der Waals surface area contributed by atoms with E-state index in [4.69, 9.17) is 0 Å². The maximum absolute atomic E-state index is 11.5. The largest absolute Gasteiger partial charge is 0.478 e. The normalized spacial score (nSPS) is 40.0. The molecule has 0 bridgehead atoms. The van der Waals surface area contributed by atoms with Crippen LogP contribution in [0.15, 0.2) is 30.3 Å². The second-order valence-corrected chi connectivity index (χ2v) is 19.9. The summed E-state index contributed by atoms with van der Waals surface area (Å²) >= 11 is 1.95. The van der Waals surface area contributed by atoms with Crippen LogP contribution in [-0.4, -0.2) is 82.5 Å². The zero-order valence-corrected chi connectivity index (χ0v) is 33.3. The van der Waals surface area contributed by atoms with Gasteiger partial charge in [-0.25, -0.2) is 13.4 Å². The second-order valence-electron chi connectivity index (χ2n) is 18.7. The van der Waals surface area contributed by atoms with Crippen LogP contribution in [0.5, 0.6) is 0 Å². The lowest BCUT2D eigenvalue weighted by Crippen LogP contribution is -2.67. The fourth-order valence-corrected chi connectivity index (χ4v) is 14.9. The fraction of sp³-hybridized carbons (Fsp3) is 0.791. The van der Waals surface area contributed by atoms with Gasteiger partial charge in [-0.1, -0.05) is 73.1 Å². The Morgan fingerprint density at radius 1 is 0.820 bits per heavy atom. The minimum atomic E-state index is -0.847. The van der Waals surface area contributed by atoms with E-state index in [-0.39, 0.29) is 5.41 Å². The molecule has 6 aliphatic rings. The van der Waals surface area contributed by atoms with Gasteiger partial charge in [0.05, 0.1) is 5.56 Å². The Balaban J connectivity index is 1.03. The molecule has 1 aliphatic heterocycles. The van der Waals surface area contributed by atoms with Gasteiger partial charge in [0.15, 0.2) is 0 Å². The van der Waals surface area contributed by atoms with Gasteiger partial charge in [0.2, 0.25) is 0 Å². The summed E-state index contributed by atoms with van der Waals surface area (Å²) in [6, 6.07) is 7.68. The van der Waals surface area contributed by atoms with Crippen molar-refractivity contribution < 1.29 is 9.90 Å². The van der Waals surface area contributed by atoms with Crippen molar-refractivity contribution in [1.29, 1.82) is 0 Å². The number of rotatable bonds is 10. The third kappa shape index (κ3) is 6.05. The first-order valence-corrected chi connectivity index (χ1v) is 21.2. The summed E-state index contributed by atoms with van der Waals surface area (Å²) in [7, 11) is 0. The molecule has 1 aromatic carbocycles. The summed E-state index contributed by atoms with van der Waals surface area (Å²) in [4.78, 5) is 14.3. The molecule has 0 radical (unpaired) electrons. The van der Waals surface area contributed by atoms with Crippen molar-refractivity contribution in [3.8, 4) is 0 Å². The van der Waals surface area contributed by atoms with Crippen molar-refractivity contribution in [2.75, 3.05) is 52.4 Å². The number of piperazine rings is 1. The number of hydrogen-bond donors (Lipinski definition) is 2. The predicted octanol–water partition coefficient (Wildman–Crippen LogP) is 9.10. The molecule has 278 valence electrons. The first-order valence-electron chi connectivity index (χ1n) is 20.5. The van der Waals surface area contributed by atoms with Gasteiger partial charge in [-0.2, -0.15) is 0 Å². The molecule has 2 N–H and O–H groups in total. The van der Waals surface area contributed by atoms with E-state index in [1.165, 1.54) is 102 Å². The van der Waals surface area contributed by atoms with Gasteiger partial charge in [-0.05, 0) is 126 Å². The number of carboxylic acid groups (broad SMARTS) is 1. The number of allylic oxidation sites excluding steroid dienone is 2. The molecule has 4 unspecified atom stereocenters. The van der Waals surface area contributed by atoms with E-state index in [9.17, 15) is 9.90 Å². The number of fused-ring (bicyclic) bond motifs is 7. The van der Waals surface area contributed by atoms with E-state index in [0.717, 1.165) is 43.8 Å². The lowest BCUT2D eigenvalue weighted by molar-refractivity contribution is -0.203. The highest BCUT2D eigenvalue weighted by atomic mass is 32.2. The van der Waals surface area contributed by atoms with Crippen molar-refractivity contribution >= 4 is 23.7 Å². The number of nitrogens with one attached hydrogen (secondary N) is 1. The van der Waals surface area contributed by atoms with Gasteiger partial charge in [0, 0.05) is 70.0 Å². The van der Waals surface area contributed by atoms with Crippen LogP contribution in [0.4, 0.5) is 0 Å². The van der Waals surface area contributed by atoms with Gasteiger partial charge >= 0.3 is 5.97 Å². The molecule has 0 aromatic heterocycles. The quantitative estimate of drug-likeness (QED) is 0.236. The molecule has 50 heavy (non-hydrogen) atoms. The fourth-order valence-electron chi connectivity index (χ4n) is 14.1. The van der Waals surface area contributed by atoms with Gasteiger partial charge in [0.25, 0.3) is 0 Å². The van der Waals surface area contributed by atoms with Crippen LogP contribution in [-0.2, 0) is 0 Å². The lowest BCUT2D eigenvalue weighted by atomic mass is 9.34. The van der Waals surface area contributed by atoms with E-state index < -0.39 is 5.97 Å². The van der Waals surface area contributed by atoms with Crippen LogP contribution in [0.2, 0.25) is 0 Å². The minimum Gasteiger partial charge on any atom is -0.478 e. The molecule has 5 aliphatic carbocycles. The number of carboxylic acids is 1. The Morgan fingerprint density at radius 3 is 2.10 bits per heavy atom. The van der Waals surface area contributed by atoms with Crippen molar-refractivity contribution in [2.24, 2.45) is 45.3 Å². The Bertz CT molecular complexity index is 1420. The topological polar surface area (TPSA) is 59.0 Å². The van der Waals surface area contributed by atoms with Crippen LogP contribution in [0.3, 0.4) is 0 Å². The molecular formula is C43H68N4O2S. The molecule has 0 amide bonds. The average molecular weight is 705 g/mol. The number of nitrogens with zero attached hydrogens (tertiary/aromatic N) is 3. The van der Waals surface area contributed by atoms with Crippen molar-refractivity contribution in [3.63, 3.8) is 0 Å². The van der Waals surface area contributed by atoms with Crippen LogP contribution in [0.25, 0.3) is 5.57 Å². The summed E-state index contributed by atoms with van der Waals surface area (Å²) < 4.78 is 5.03. The number of aromatic carboxylic acids is 1. The standard InChI is InChI=1S/C43H68N4O2S/c1-8-46(9-2)50-47-29-27-45(28-30-47)26-25-44-43-20-10-11-37(43)42(7)23-18-35-40(5)21-16-33(31-12-14-32(15-13-31)38(48)49)39(3,4)34(40)17-22-41(35,6)36(42)19-24-43/h12-16,34-37,44H,8-11,17-30H2,1-7H3,(H,48,49)/t34?,35?,36?,37?,40-,41+,42-,43-/m0/s1. The van der Waals surface area contributed by atoms with Crippen molar-refractivity contribution in [1.82, 2.24) is 18.8 Å². The van der Waals surface area contributed by atoms with E-state index >= 15 is 0 Å². The number of carbonyl (C=O) groups is 1. The highest BCUT2D eigenvalue weighted by Crippen LogP contribution is 2.75. The molecule has 8 atom stereocenters. The zero-order chi connectivity index (χ0) is 35.5. The highest BCUT2D eigenvalue weighted by molar-refractivity contribution is 7.94. The molecule has 7 rings (SSSR count). The Morgan fingerprint density at radius 2 is 1.44 bits per heavy atom. The van der Waals surface area contributed by atoms with Crippen molar-refractivity contribution in [2.45, 2.75) is 118 Å². The predicted molar refractivity (Wildman–Crippen MR) is 209 cm³/mol.